The summed E-state index contributed by atoms with van der Waals surface area (Å²) in [5.41, 5.74) is 4.00. The highest BCUT2D eigenvalue weighted by Gasteiger charge is 2.42. The van der Waals surface area contributed by atoms with Crippen LogP contribution in [0.4, 0.5) is 5.69 Å². The van der Waals surface area contributed by atoms with Crippen molar-refractivity contribution in [2.75, 3.05) is 45.4 Å². The molecule has 0 fully saturated rings. The van der Waals surface area contributed by atoms with E-state index in [-0.39, 0.29) is 11.8 Å². The van der Waals surface area contributed by atoms with Crippen LogP contribution in [0.2, 0.25) is 0 Å². The van der Waals surface area contributed by atoms with E-state index in [4.69, 9.17) is 9.47 Å². The third-order valence-corrected chi connectivity index (χ3v) is 5.17. The van der Waals surface area contributed by atoms with Gasteiger partial charge in [-0.15, -0.1) is 0 Å². The molecule has 0 saturated heterocycles. The summed E-state index contributed by atoms with van der Waals surface area (Å²) in [6, 6.07) is 15.1. The van der Waals surface area contributed by atoms with Gasteiger partial charge in [-0.05, 0) is 36.6 Å². The average molecular weight is 408 g/mol. The lowest BCUT2D eigenvalue weighted by atomic mass is 10.0. The van der Waals surface area contributed by atoms with Gasteiger partial charge in [0.15, 0.2) is 0 Å². The molecule has 0 bridgehead atoms. The highest BCUT2D eigenvalue weighted by Crippen LogP contribution is 2.36. The van der Waals surface area contributed by atoms with Gasteiger partial charge in [0.1, 0.15) is 5.70 Å². The molecule has 2 aromatic carbocycles. The number of anilines is 1. The molecule has 0 N–H and O–H groups in total. The van der Waals surface area contributed by atoms with Crippen molar-refractivity contribution in [3.63, 3.8) is 0 Å². The lowest BCUT2D eigenvalue weighted by Crippen LogP contribution is -2.38. The molecule has 158 valence electrons. The van der Waals surface area contributed by atoms with Crippen molar-refractivity contribution in [2.45, 2.75) is 13.8 Å². The summed E-state index contributed by atoms with van der Waals surface area (Å²) in [4.78, 5) is 30.4. The molecule has 6 nitrogen and oxygen atoms in total. The first-order chi connectivity index (χ1) is 14.5. The first-order valence-electron chi connectivity index (χ1n) is 9.98. The van der Waals surface area contributed by atoms with E-state index in [9.17, 15) is 9.59 Å². The molecule has 1 aliphatic rings. The number of benzene rings is 2. The average Bonchev–Trinajstić information content (AvgIpc) is 3.01. The summed E-state index contributed by atoms with van der Waals surface area (Å²) >= 11 is 0. The fraction of sp³-hybridized carbons (Fsp3) is 0.333. The fourth-order valence-corrected chi connectivity index (χ4v) is 3.59. The molecule has 0 spiro atoms. The van der Waals surface area contributed by atoms with E-state index < -0.39 is 0 Å². The van der Waals surface area contributed by atoms with E-state index in [1.165, 1.54) is 4.90 Å². The Morgan fingerprint density at radius 3 is 2.10 bits per heavy atom. The summed E-state index contributed by atoms with van der Waals surface area (Å²) in [5, 5.41) is 0. The molecule has 0 radical (unpaired) electrons. The van der Waals surface area contributed by atoms with Crippen molar-refractivity contribution in [3.05, 3.63) is 70.9 Å². The van der Waals surface area contributed by atoms with E-state index in [2.05, 4.69) is 0 Å². The van der Waals surface area contributed by atoms with Crippen molar-refractivity contribution in [3.8, 4) is 0 Å². The zero-order valence-electron chi connectivity index (χ0n) is 18.0. The number of carbonyl (C=O) groups is 2. The summed E-state index contributed by atoms with van der Waals surface area (Å²) < 4.78 is 10.5. The Morgan fingerprint density at radius 2 is 1.50 bits per heavy atom. The van der Waals surface area contributed by atoms with Gasteiger partial charge in [-0.25, -0.2) is 4.90 Å². The van der Waals surface area contributed by atoms with E-state index in [0.29, 0.717) is 43.3 Å². The van der Waals surface area contributed by atoms with E-state index in [1.54, 1.807) is 14.2 Å². The van der Waals surface area contributed by atoms with Crippen LogP contribution in [-0.4, -0.2) is 57.2 Å². The predicted octanol–water partition coefficient (Wildman–Crippen LogP) is 3.18. The maximum atomic E-state index is 13.7. The van der Waals surface area contributed by atoms with Crippen LogP contribution >= 0.6 is 0 Å². The van der Waals surface area contributed by atoms with Crippen LogP contribution < -0.4 is 4.90 Å². The minimum absolute atomic E-state index is 0.310. The van der Waals surface area contributed by atoms with Gasteiger partial charge in [0.05, 0.1) is 24.5 Å². The van der Waals surface area contributed by atoms with Crippen LogP contribution in [0, 0.1) is 13.8 Å². The Bertz CT molecular complexity index is 945. The standard InChI is InChI=1S/C24H28N2O4/c1-17-10-11-18(2)20(16-17)26-23(27)21(19-8-6-5-7-9-19)22(24(26)28)25(12-14-29-3)13-15-30-4/h5-11,16H,12-15H2,1-4H3. The van der Waals surface area contributed by atoms with E-state index in [0.717, 1.165) is 16.7 Å². The third kappa shape index (κ3) is 4.30. The Morgan fingerprint density at radius 1 is 0.867 bits per heavy atom. The van der Waals surface area contributed by atoms with Crippen LogP contribution in [0.3, 0.4) is 0 Å². The SMILES string of the molecule is COCCN(CCOC)C1=C(c2ccccc2)C(=O)N(c2cc(C)ccc2C)C1=O. The number of ether oxygens (including phenoxy) is 2. The van der Waals surface area contributed by atoms with Gasteiger partial charge in [-0.2, -0.15) is 0 Å². The van der Waals surface area contributed by atoms with Crippen LogP contribution in [0.25, 0.3) is 5.57 Å². The van der Waals surface area contributed by atoms with E-state index >= 15 is 0 Å². The largest absolute Gasteiger partial charge is 0.383 e. The number of hydrogen-bond donors (Lipinski definition) is 0. The first-order valence-corrected chi connectivity index (χ1v) is 9.98. The second-order valence-corrected chi connectivity index (χ2v) is 7.30. The zero-order chi connectivity index (χ0) is 21.7. The van der Waals surface area contributed by atoms with Gasteiger partial charge >= 0.3 is 0 Å². The van der Waals surface area contributed by atoms with Gasteiger partial charge in [-0.3, -0.25) is 9.59 Å². The first kappa shape index (κ1) is 21.7. The Balaban J connectivity index is 2.14. The van der Waals surface area contributed by atoms with Gasteiger partial charge < -0.3 is 14.4 Å². The number of amides is 2. The molecule has 30 heavy (non-hydrogen) atoms. The highest BCUT2D eigenvalue weighted by molar-refractivity contribution is 6.45. The normalized spacial score (nSPS) is 14.1. The number of carbonyl (C=O) groups excluding carboxylic acids is 2. The molecule has 0 saturated carbocycles. The Hall–Kier alpha value is -2.96. The molecule has 2 amide bonds. The van der Waals surface area contributed by atoms with Crippen molar-refractivity contribution in [1.29, 1.82) is 0 Å². The molecule has 0 aliphatic carbocycles. The van der Waals surface area contributed by atoms with Crippen LogP contribution in [0.1, 0.15) is 16.7 Å². The van der Waals surface area contributed by atoms with Crippen molar-refractivity contribution in [2.24, 2.45) is 0 Å². The van der Waals surface area contributed by atoms with Crippen molar-refractivity contribution < 1.29 is 19.1 Å². The minimum Gasteiger partial charge on any atom is -0.383 e. The lowest BCUT2D eigenvalue weighted by molar-refractivity contribution is -0.120. The third-order valence-electron chi connectivity index (χ3n) is 5.17. The van der Waals surface area contributed by atoms with Gasteiger partial charge in [0, 0.05) is 27.3 Å². The molecule has 0 unspecified atom stereocenters. The second kappa shape index (κ2) is 9.69. The molecular weight excluding hydrogens is 380 g/mol. The van der Waals surface area contributed by atoms with Crippen LogP contribution in [-0.2, 0) is 19.1 Å². The number of rotatable bonds is 9. The minimum atomic E-state index is -0.320. The van der Waals surface area contributed by atoms with Crippen molar-refractivity contribution in [1.82, 2.24) is 4.90 Å². The Labute approximate surface area is 177 Å². The molecule has 1 heterocycles. The maximum absolute atomic E-state index is 13.7. The summed E-state index contributed by atoms with van der Waals surface area (Å²) in [5.74, 6) is -0.630. The quantitative estimate of drug-likeness (QED) is 0.597. The molecule has 0 atom stereocenters. The molecule has 6 heteroatoms. The molecule has 2 aromatic rings. The van der Waals surface area contributed by atoms with E-state index in [1.807, 2.05) is 67.3 Å². The Kier molecular flexibility index (Phi) is 7.03. The fourth-order valence-electron chi connectivity index (χ4n) is 3.59. The maximum Gasteiger partial charge on any atom is 0.282 e. The number of nitrogens with zero attached hydrogens (tertiary/aromatic N) is 2. The predicted molar refractivity (Wildman–Crippen MR) is 117 cm³/mol. The number of imide groups is 1. The van der Waals surface area contributed by atoms with Crippen LogP contribution in [0.15, 0.2) is 54.2 Å². The van der Waals surface area contributed by atoms with Crippen LogP contribution in [0.5, 0.6) is 0 Å². The highest BCUT2D eigenvalue weighted by atomic mass is 16.5. The molecule has 0 aromatic heterocycles. The van der Waals surface area contributed by atoms with Gasteiger partial charge in [0.25, 0.3) is 11.8 Å². The number of methoxy groups -OCH3 is 2. The lowest BCUT2D eigenvalue weighted by Gasteiger charge is -2.26. The van der Waals surface area contributed by atoms with Gasteiger partial charge in [-0.1, -0.05) is 42.5 Å². The number of hydrogen-bond acceptors (Lipinski definition) is 5. The molecular formula is C24H28N2O4. The zero-order valence-corrected chi connectivity index (χ0v) is 18.0. The second-order valence-electron chi connectivity index (χ2n) is 7.30. The summed E-state index contributed by atoms with van der Waals surface area (Å²) in [6.45, 7) is 5.67. The number of aryl methyl sites for hydroxylation is 2. The van der Waals surface area contributed by atoms with Crippen molar-refractivity contribution >= 4 is 23.1 Å². The molecule has 3 rings (SSSR count). The summed E-state index contributed by atoms with van der Waals surface area (Å²) in [6.07, 6.45) is 0. The van der Waals surface area contributed by atoms with Gasteiger partial charge in [0.2, 0.25) is 0 Å². The topological polar surface area (TPSA) is 59.1 Å². The molecule has 1 aliphatic heterocycles. The monoisotopic (exact) mass is 408 g/mol. The summed E-state index contributed by atoms with van der Waals surface area (Å²) in [7, 11) is 3.23. The smallest absolute Gasteiger partial charge is 0.282 e.